The first-order valence-electron chi connectivity index (χ1n) is 6.98. The van der Waals surface area contributed by atoms with Gasteiger partial charge in [0, 0.05) is 0 Å². The molecule has 0 spiro atoms. The summed E-state index contributed by atoms with van der Waals surface area (Å²) in [4.78, 5) is 11.0. The molecule has 1 saturated carbocycles. The van der Waals surface area contributed by atoms with Crippen LogP contribution in [0.5, 0.6) is 0 Å². The lowest BCUT2D eigenvalue weighted by Crippen LogP contribution is -2.46. The molecule has 5 heteroatoms. The minimum atomic E-state index is -1.86. The van der Waals surface area contributed by atoms with Gasteiger partial charge in [-0.15, -0.1) is 0 Å². The van der Waals surface area contributed by atoms with Crippen LogP contribution in [0, 0.1) is 5.41 Å². The Balaban J connectivity index is 2.82. The van der Waals surface area contributed by atoms with E-state index in [1.807, 2.05) is 0 Å². The van der Waals surface area contributed by atoms with Crippen LogP contribution in [0.15, 0.2) is 0 Å². The van der Waals surface area contributed by atoms with E-state index in [1.54, 1.807) is 0 Å². The lowest BCUT2D eigenvalue weighted by atomic mass is 9.92. The predicted octanol–water partition coefficient (Wildman–Crippen LogP) is 3.66. The summed E-state index contributed by atoms with van der Waals surface area (Å²) < 4.78 is 11.7. The highest BCUT2D eigenvalue weighted by atomic mass is 28.4. The van der Waals surface area contributed by atoms with E-state index in [1.165, 1.54) is 0 Å². The van der Waals surface area contributed by atoms with Crippen molar-refractivity contribution in [3.63, 3.8) is 0 Å². The normalized spacial score (nSPS) is 27.3. The molecule has 112 valence electrons. The molecule has 0 saturated heterocycles. The molecule has 0 aliphatic heterocycles. The Morgan fingerprint density at radius 3 is 2.11 bits per heavy atom. The van der Waals surface area contributed by atoms with Gasteiger partial charge in [0.1, 0.15) is 6.10 Å². The first kappa shape index (κ1) is 16.5. The van der Waals surface area contributed by atoms with Gasteiger partial charge >= 0.3 is 6.09 Å². The summed E-state index contributed by atoms with van der Waals surface area (Å²) in [7, 11) is -1.86. The highest BCUT2D eigenvalue weighted by Crippen LogP contribution is 2.45. The maximum absolute atomic E-state index is 11.0. The van der Waals surface area contributed by atoms with E-state index in [0.29, 0.717) is 0 Å². The number of hydrogen-bond donors (Lipinski definition) is 1. The molecule has 19 heavy (non-hydrogen) atoms. The van der Waals surface area contributed by atoms with Crippen molar-refractivity contribution in [3.05, 3.63) is 0 Å². The van der Waals surface area contributed by atoms with E-state index in [-0.39, 0.29) is 22.7 Å². The highest BCUT2D eigenvalue weighted by Gasteiger charge is 2.47. The number of amides is 1. The van der Waals surface area contributed by atoms with Gasteiger partial charge in [-0.2, -0.15) is 0 Å². The van der Waals surface area contributed by atoms with Gasteiger partial charge in [0.25, 0.3) is 0 Å². The number of carbonyl (C=O) groups excluding carboxylic acids is 1. The molecular weight excluding hydrogens is 258 g/mol. The number of nitrogens with two attached hydrogens (primary N) is 1. The van der Waals surface area contributed by atoms with E-state index in [4.69, 9.17) is 14.9 Å². The second kappa shape index (κ2) is 5.09. The molecule has 0 bridgehead atoms. The van der Waals surface area contributed by atoms with E-state index in [0.717, 1.165) is 12.8 Å². The largest absolute Gasteiger partial charge is 0.444 e. The summed E-state index contributed by atoms with van der Waals surface area (Å²) in [5, 5.41) is 0.150. The summed E-state index contributed by atoms with van der Waals surface area (Å²) in [5.41, 5.74) is 5.30. The topological polar surface area (TPSA) is 61.5 Å². The van der Waals surface area contributed by atoms with Gasteiger partial charge in [-0.1, -0.05) is 34.6 Å². The van der Waals surface area contributed by atoms with Crippen LogP contribution in [0.1, 0.15) is 47.5 Å². The summed E-state index contributed by atoms with van der Waals surface area (Å²) in [5.74, 6) is 0. The fraction of sp³-hybridized carbons (Fsp3) is 0.929. The molecular formula is C14H29NO3Si. The van der Waals surface area contributed by atoms with E-state index < -0.39 is 14.4 Å². The molecule has 1 fully saturated rings. The zero-order chi connectivity index (χ0) is 15.1. The van der Waals surface area contributed by atoms with Crippen LogP contribution in [-0.2, 0) is 9.16 Å². The van der Waals surface area contributed by atoms with E-state index >= 15 is 0 Å². The molecule has 0 radical (unpaired) electrons. The molecule has 1 aliphatic rings. The van der Waals surface area contributed by atoms with Gasteiger partial charge in [-0.05, 0) is 36.4 Å². The highest BCUT2D eigenvalue weighted by molar-refractivity contribution is 6.74. The van der Waals surface area contributed by atoms with Crippen LogP contribution >= 0.6 is 0 Å². The SMILES string of the molecule is CC1(C)C[C@H](OC(N)=O)[C@@H](O[Si](C)(C)C(C)(C)C)C1. The molecule has 1 amide bonds. The second-order valence-corrected chi connectivity index (χ2v) is 12.7. The van der Waals surface area contributed by atoms with Crippen LogP contribution < -0.4 is 5.73 Å². The molecule has 0 aromatic rings. The first-order chi connectivity index (χ1) is 8.34. The zero-order valence-electron chi connectivity index (χ0n) is 13.4. The Hall–Kier alpha value is -0.553. The van der Waals surface area contributed by atoms with Gasteiger partial charge < -0.3 is 14.9 Å². The summed E-state index contributed by atoms with van der Waals surface area (Å²) in [6, 6.07) is 0. The maximum Gasteiger partial charge on any atom is 0.404 e. The maximum atomic E-state index is 11.0. The Kier molecular flexibility index (Phi) is 4.42. The molecule has 2 atom stereocenters. The van der Waals surface area contributed by atoms with Crippen molar-refractivity contribution in [1.82, 2.24) is 0 Å². The van der Waals surface area contributed by atoms with E-state index in [9.17, 15) is 4.79 Å². The fourth-order valence-electron chi connectivity index (χ4n) is 2.38. The number of hydrogen-bond acceptors (Lipinski definition) is 3. The summed E-state index contributed by atoms with van der Waals surface area (Å²) in [6.07, 6.45) is 0.795. The lowest BCUT2D eigenvalue weighted by Gasteiger charge is -2.39. The molecule has 0 unspecified atom stereocenters. The number of rotatable bonds is 3. The van der Waals surface area contributed by atoms with Gasteiger partial charge in [0.05, 0.1) is 6.10 Å². The number of ether oxygens (including phenoxy) is 1. The van der Waals surface area contributed by atoms with Crippen molar-refractivity contribution in [3.8, 4) is 0 Å². The molecule has 4 nitrogen and oxygen atoms in total. The van der Waals surface area contributed by atoms with Crippen LogP contribution in [0.2, 0.25) is 18.1 Å². The third kappa shape index (κ3) is 4.21. The predicted molar refractivity (Wildman–Crippen MR) is 79.5 cm³/mol. The zero-order valence-corrected chi connectivity index (χ0v) is 14.4. The van der Waals surface area contributed by atoms with Gasteiger partial charge in [-0.3, -0.25) is 0 Å². The van der Waals surface area contributed by atoms with Crippen LogP contribution in [0.25, 0.3) is 0 Å². The van der Waals surface area contributed by atoms with Crippen LogP contribution in [0.3, 0.4) is 0 Å². The number of primary amides is 1. The van der Waals surface area contributed by atoms with Gasteiger partial charge in [0.2, 0.25) is 0 Å². The number of carbonyl (C=O) groups is 1. The molecule has 0 aromatic heterocycles. The fourth-order valence-corrected chi connectivity index (χ4v) is 3.72. The van der Waals surface area contributed by atoms with Crippen LogP contribution in [0.4, 0.5) is 4.79 Å². The van der Waals surface area contributed by atoms with Gasteiger partial charge in [0.15, 0.2) is 8.32 Å². The standard InChI is InChI=1S/C14H29NO3Si/c1-13(2,3)19(6,7)18-11-9-14(4,5)8-10(11)17-12(15)16/h10-11H,8-9H2,1-7H3,(H2,15,16)/t10-,11-/m0/s1. The van der Waals surface area contributed by atoms with Crippen molar-refractivity contribution in [2.24, 2.45) is 11.1 Å². The van der Waals surface area contributed by atoms with E-state index in [2.05, 4.69) is 47.7 Å². The second-order valence-electron chi connectivity index (χ2n) is 7.96. The average Bonchev–Trinajstić information content (AvgIpc) is 2.36. The molecule has 0 heterocycles. The van der Waals surface area contributed by atoms with Crippen molar-refractivity contribution in [2.45, 2.75) is 77.8 Å². The average molecular weight is 287 g/mol. The summed E-state index contributed by atoms with van der Waals surface area (Å²) in [6.45, 7) is 15.4. The molecule has 2 N–H and O–H groups in total. The Bertz CT molecular complexity index is 347. The molecule has 1 aliphatic carbocycles. The summed E-state index contributed by atoms with van der Waals surface area (Å²) >= 11 is 0. The molecule has 1 rings (SSSR count). The van der Waals surface area contributed by atoms with Crippen molar-refractivity contribution in [1.29, 1.82) is 0 Å². The van der Waals surface area contributed by atoms with Crippen LogP contribution in [-0.4, -0.2) is 26.6 Å². The lowest BCUT2D eigenvalue weighted by molar-refractivity contribution is 0.0325. The smallest absolute Gasteiger partial charge is 0.404 e. The van der Waals surface area contributed by atoms with Crippen molar-refractivity contribution < 1.29 is 14.0 Å². The third-order valence-electron chi connectivity index (χ3n) is 4.44. The van der Waals surface area contributed by atoms with Crippen molar-refractivity contribution in [2.75, 3.05) is 0 Å². The third-order valence-corrected chi connectivity index (χ3v) is 8.95. The first-order valence-corrected chi connectivity index (χ1v) is 9.89. The van der Waals surface area contributed by atoms with Gasteiger partial charge in [-0.25, -0.2) is 4.79 Å². The Labute approximate surface area is 118 Å². The Morgan fingerprint density at radius 1 is 1.21 bits per heavy atom. The molecule has 0 aromatic carbocycles. The minimum absolute atomic E-state index is 0.0246. The monoisotopic (exact) mass is 287 g/mol. The van der Waals surface area contributed by atoms with Crippen molar-refractivity contribution >= 4 is 14.4 Å². The quantitative estimate of drug-likeness (QED) is 0.806. The Morgan fingerprint density at radius 2 is 1.68 bits per heavy atom. The minimum Gasteiger partial charge on any atom is -0.444 e.